The average Bonchev–Trinajstić information content (AvgIpc) is 3.28. The second kappa shape index (κ2) is 11.0. The van der Waals surface area contributed by atoms with Crippen LogP contribution in [-0.4, -0.2) is 65.0 Å². The van der Waals surface area contributed by atoms with Crippen LogP contribution in [0.15, 0.2) is 18.2 Å². The maximum absolute atomic E-state index is 13.2. The molecule has 0 spiro atoms. The molecule has 0 amide bonds. The van der Waals surface area contributed by atoms with Gasteiger partial charge in [-0.3, -0.25) is 4.79 Å². The zero-order chi connectivity index (χ0) is 29.8. The van der Waals surface area contributed by atoms with Gasteiger partial charge in [-0.15, -0.1) is 0 Å². The second-order valence-corrected chi connectivity index (χ2v) is 13.4. The molecule has 2 saturated carbocycles. The molecule has 1 aliphatic heterocycles. The predicted molar refractivity (Wildman–Crippen MR) is 143 cm³/mol. The molecule has 230 valence electrons. The number of halogens is 5. The zero-order valence-corrected chi connectivity index (χ0v) is 23.9. The molecule has 2 N–H and O–H groups in total. The molecule has 1 aromatic rings. The Kier molecular flexibility index (Phi) is 8.16. The molecule has 1 saturated heterocycles. The van der Waals surface area contributed by atoms with Crippen LogP contribution in [0, 0.1) is 23.2 Å². The molecular weight excluding hydrogens is 545 g/mol. The number of esters is 1. The van der Waals surface area contributed by atoms with Crippen LogP contribution in [0.5, 0.6) is 5.75 Å². The molecule has 0 radical (unpaired) electrons. The first-order valence-electron chi connectivity index (χ1n) is 15.0. The Morgan fingerprint density at radius 3 is 2.56 bits per heavy atom. The van der Waals surface area contributed by atoms with E-state index >= 15 is 0 Å². The molecule has 3 fully saturated rings. The maximum atomic E-state index is 13.2. The van der Waals surface area contributed by atoms with Gasteiger partial charge in [0.25, 0.3) is 0 Å². The van der Waals surface area contributed by atoms with Gasteiger partial charge in [0.2, 0.25) is 0 Å². The highest BCUT2D eigenvalue weighted by Crippen LogP contribution is 2.68. The number of benzene rings is 1. The van der Waals surface area contributed by atoms with Crippen molar-refractivity contribution < 1.29 is 41.7 Å². The van der Waals surface area contributed by atoms with E-state index in [9.17, 15) is 37.0 Å². The molecule has 5 nitrogen and oxygen atoms in total. The number of aryl methyl sites for hydroxylation is 1. The largest absolute Gasteiger partial charge is 0.508 e. The van der Waals surface area contributed by atoms with Crippen LogP contribution in [0.1, 0.15) is 88.2 Å². The van der Waals surface area contributed by atoms with E-state index in [0.29, 0.717) is 24.8 Å². The number of phenolic OH excluding ortho intramolecular Hbond substituents is 1. The lowest BCUT2D eigenvalue weighted by Crippen LogP contribution is -2.54. The minimum atomic E-state index is -5.50. The SMILES string of the molecule is CN(CCCCC[C@H]1C[C@@]2(C)[C@@H](CC3OC(=O)C[C@@]32O)[C@@H]2CCc3cc(O)ccc3[C@@H]12)CCCC(F)(F)C(F)(F)F. The molecular formula is C31H42F5NO4. The third kappa shape index (κ3) is 5.48. The van der Waals surface area contributed by atoms with Crippen LogP contribution in [0.3, 0.4) is 0 Å². The van der Waals surface area contributed by atoms with Crippen LogP contribution in [0.4, 0.5) is 22.0 Å². The molecule has 5 rings (SSSR count). The first-order valence-corrected chi connectivity index (χ1v) is 15.0. The van der Waals surface area contributed by atoms with Crippen LogP contribution >= 0.6 is 0 Å². The highest BCUT2D eigenvalue weighted by molar-refractivity contribution is 5.74. The van der Waals surface area contributed by atoms with Crippen molar-refractivity contribution in [3.05, 3.63) is 29.3 Å². The topological polar surface area (TPSA) is 70.0 Å². The van der Waals surface area contributed by atoms with Crippen molar-refractivity contribution in [1.29, 1.82) is 0 Å². The van der Waals surface area contributed by atoms with E-state index in [0.717, 1.165) is 44.9 Å². The summed E-state index contributed by atoms with van der Waals surface area (Å²) in [5, 5.41) is 21.9. The van der Waals surface area contributed by atoms with Crippen molar-refractivity contribution in [2.75, 3.05) is 20.1 Å². The molecule has 1 heterocycles. The van der Waals surface area contributed by atoms with Gasteiger partial charge < -0.3 is 19.8 Å². The van der Waals surface area contributed by atoms with E-state index in [1.54, 1.807) is 13.1 Å². The smallest absolute Gasteiger partial charge is 0.453 e. The summed E-state index contributed by atoms with van der Waals surface area (Å²) in [7, 11) is 1.75. The van der Waals surface area contributed by atoms with Crippen molar-refractivity contribution >= 4 is 5.97 Å². The van der Waals surface area contributed by atoms with E-state index in [1.165, 1.54) is 11.1 Å². The number of fused-ring (bicyclic) bond motifs is 7. The van der Waals surface area contributed by atoms with Gasteiger partial charge in [0.15, 0.2) is 0 Å². The van der Waals surface area contributed by atoms with E-state index in [1.807, 2.05) is 11.0 Å². The third-order valence-electron chi connectivity index (χ3n) is 11.0. The normalized spacial score (nSPS) is 34.7. The molecule has 7 atom stereocenters. The number of rotatable bonds is 10. The Hall–Kier alpha value is -1.94. The zero-order valence-electron chi connectivity index (χ0n) is 23.9. The van der Waals surface area contributed by atoms with Crippen molar-refractivity contribution in [2.24, 2.45) is 23.2 Å². The molecule has 41 heavy (non-hydrogen) atoms. The van der Waals surface area contributed by atoms with Crippen LogP contribution in [-0.2, 0) is 16.0 Å². The van der Waals surface area contributed by atoms with Crippen LogP contribution in [0.2, 0.25) is 0 Å². The van der Waals surface area contributed by atoms with E-state index in [4.69, 9.17) is 4.74 Å². The average molecular weight is 588 g/mol. The van der Waals surface area contributed by atoms with Crippen molar-refractivity contribution in [1.82, 2.24) is 4.90 Å². The number of ether oxygens (including phenoxy) is 1. The molecule has 0 bridgehead atoms. The van der Waals surface area contributed by atoms with Gasteiger partial charge in [-0.05, 0) is 112 Å². The van der Waals surface area contributed by atoms with E-state index in [-0.39, 0.29) is 42.9 Å². The summed E-state index contributed by atoms with van der Waals surface area (Å²) in [6, 6.07) is 5.68. The molecule has 1 aromatic carbocycles. The lowest BCUT2D eigenvalue weighted by molar-refractivity contribution is -0.284. The Labute approximate surface area is 238 Å². The fourth-order valence-corrected chi connectivity index (χ4v) is 8.90. The van der Waals surface area contributed by atoms with Gasteiger partial charge >= 0.3 is 18.1 Å². The maximum Gasteiger partial charge on any atom is 0.453 e. The van der Waals surface area contributed by atoms with Gasteiger partial charge in [0, 0.05) is 11.8 Å². The number of alkyl halides is 5. The van der Waals surface area contributed by atoms with E-state index < -0.39 is 35.6 Å². The number of phenols is 1. The highest BCUT2D eigenvalue weighted by atomic mass is 19.4. The number of carbonyl (C=O) groups is 1. The number of hydrogen-bond acceptors (Lipinski definition) is 5. The van der Waals surface area contributed by atoms with Crippen molar-refractivity contribution in [3.63, 3.8) is 0 Å². The Morgan fingerprint density at radius 2 is 1.83 bits per heavy atom. The summed E-state index contributed by atoms with van der Waals surface area (Å²) in [6.07, 6.45) is -0.474. The highest BCUT2D eigenvalue weighted by Gasteiger charge is 2.71. The molecule has 3 aliphatic carbocycles. The van der Waals surface area contributed by atoms with E-state index in [2.05, 4.69) is 13.0 Å². The first-order chi connectivity index (χ1) is 19.2. The third-order valence-corrected chi connectivity index (χ3v) is 11.0. The quantitative estimate of drug-likeness (QED) is 0.183. The van der Waals surface area contributed by atoms with Gasteiger partial charge in [-0.25, -0.2) is 0 Å². The van der Waals surface area contributed by atoms with Crippen molar-refractivity contribution in [3.8, 4) is 5.75 Å². The molecule has 1 unspecified atom stereocenters. The lowest BCUT2D eigenvalue weighted by atomic mass is 9.49. The van der Waals surface area contributed by atoms with Gasteiger partial charge in [0.1, 0.15) is 17.5 Å². The summed E-state index contributed by atoms with van der Waals surface area (Å²) in [6.45, 7) is 2.95. The Morgan fingerprint density at radius 1 is 1.10 bits per heavy atom. The number of unbranched alkanes of at least 4 members (excludes halogenated alkanes) is 2. The first kappa shape index (κ1) is 30.5. The minimum absolute atomic E-state index is 0.0421. The minimum Gasteiger partial charge on any atom is -0.508 e. The van der Waals surface area contributed by atoms with Crippen LogP contribution in [0.25, 0.3) is 0 Å². The molecule has 4 aliphatic rings. The van der Waals surface area contributed by atoms with Crippen molar-refractivity contribution in [2.45, 2.75) is 107 Å². The summed E-state index contributed by atoms with van der Waals surface area (Å²) >= 11 is 0. The standard InChI is InChI=1S/C31H42F5NO4/c1-28-17-20(7-4-3-5-13-37(2)14-6-12-30(32,33)31(34,35)36)27-22-11-9-21(38)15-19(22)8-10-23(27)24(28)16-25-29(28,40)18-26(39)41-25/h9,11,15,20,23-25,27,38,40H,3-8,10,12-14,16-18H2,1-2H3/t20-,23-,24-,25?,27+,28-,29+/m0/s1. The molecule has 10 heteroatoms. The fraction of sp³-hybridized carbons (Fsp3) is 0.774. The summed E-state index contributed by atoms with van der Waals surface area (Å²) in [5.74, 6) is -3.53. The summed E-state index contributed by atoms with van der Waals surface area (Å²) in [4.78, 5) is 14.0. The number of carbonyl (C=O) groups excluding carboxylic acids is 1. The summed E-state index contributed by atoms with van der Waals surface area (Å²) < 4.78 is 69.1. The van der Waals surface area contributed by atoms with Gasteiger partial charge in [-0.1, -0.05) is 25.8 Å². The Bertz CT molecular complexity index is 1130. The Balaban J connectivity index is 1.21. The monoisotopic (exact) mass is 587 g/mol. The molecule has 0 aromatic heterocycles. The number of aliphatic hydroxyl groups is 1. The number of hydrogen-bond donors (Lipinski definition) is 2. The lowest BCUT2D eigenvalue weighted by Gasteiger charge is -2.56. The fourth-order valence-electron chi connectivity index (χ4n) is 8.90. The van der Waals surface area contributed by atoms with Gasteiger partial charge in [0.05, 0.1) is 6.42 Å². The number of nitrogens with zero attached hydrogens (tertiary/aromatic N) is 1. The van der Waals surface area contributed by atoms with Gasteiger partial charge in [-0.2, -0.15) is 22.0 Å². The van der Waals surface area contributed by atoms with Crippen LogP contribution < -0.4 is 0 Å². The predicted octanol–water partition coefficient (Wildman–Crippen LogP) is 6.60. The number of aromatic hydroxyl groups is 1. The second-order valence-electron chi connectivity index (χ2n) is 13.4. The summed E-state index contributed by atoms with van der Waals surface area (Å²) in [5.41, 5.74) is 0.880.